The third-order valence-electron chi connectivity index (χ3n) is 7.49. The van der Waals surface area contributed by atoms with Gasteiger partial charge in [0.1, 0.15) is 12.4 Å². The molecule has 32 heavy (non-hydrogen) atoms. The third kappa shape index (κ3) is 3.57. The Labute approximate surface area is 191 Å². The van der Waals surface area contributed by atoms with Gasteiger partial charge in [-0.2, -0.15) is 0 Å². The Morgan fingerprint density at radius 1 is 0.656 bits per heavy atom. The van der Waals surface area contributed by atoms with Crippen molar-refractivity contribution in [3.63, 3.8) is 0 Å². The van der Waals surface area contributed by atoms with Gasteiger partial charge in [-0.3, -0.25) is 4.90 Å². The molecule has 0 radical (unpaired) electrons. The zero-order chi connectivity index (χ0) is 21.3. The predicted molar refractivity (Wildman–Crippen MR) is 133 cm³/mol. The van der Waals surface area contributed by atoms with Crippen LogP contribution in [-0.2, 0) is 12.8 Å². The van der Waals surface area contributed by atoms with Crippen molar-refractivity contribution in [2.45, 2.75) is 38.5 Å². The summed E-state index contributed by atoms with van der Waals surface area (Å²) in [7, 11) is 0. The van der Waals surface area contributed by atoms with Crippen LogP contribution in [0.5, 0.6) is 5.75 Å². The van der Waals surface area contributed by atoms with Crippen molar-refractivity contribution >= 4 is 11.1 Å². The van der Waals surface area contributed by atoms with Crippen LogP contribution in [0.3, 0.4) is 0 Å². The van der Waals surface area contributed by atoms with Crippen molar-refractivity contribution in [2.24, 2.45) is 0 Å². The van der Waals surface area contributed by atoms with Gasteiger partial charge in [-0.25, -0.2) is 0 Å². The fourth-order valence-electron chi connectivity index (χ4n) is 5.90. The minimum Gasteiger partial charge on any atom is -0.492 e. The van der Waals surface area contributed by atoms with Crippen LogP contribution >= 0.6 is 0 Å². The van der Waals surface area contributed by atoms with Crippen molar-refractivity contribution in [3.05, 3.63) is 89.0 Å². The summed E-state index contributed by atoms with van der Waals surface area (Å²) in [6.45, 7) is 4.22. The number of rotatable bonds is 5. The molecule has 2 aliphatic carbocycles. The molecule has 0 unspecified atom stereocenters. The summed E-state index contributed by atoms with van der Waals surface area (Å²) in [5, 5.41) is 0. The van der Waals surface area contributed by atoms with Crippen molar-refractivity contribution in [2.75, 3.05) is 26.2 Å². The molecule has 0 amide bonds. The lowest BCUT2D eigenvalue weighted by atomic mass is 9.82. The molecule has 2 heteroatoms. The zero-order valence-corrected chi connectivity index (χ0v) is 18.8. The summed E-state index contributed by atoms with van der Waals surface area (Å²) in [6.07, 6.45) is 7.33. The molecule has 1 heterocycles. The van der Waals surface area contributed by atoms with Crippen molar-refractivity contribution < 1.29 is 4.74 Å². The largest absolute Gasteiger partial charge is 0.492 e. The second-order valence-electron chi connectivity index (χ2n) is 9.37. The molecule has 0 spiro atoms. The van der Waals surface area contributed by atoms with E-state index in [0.29, 0.717) is 0 Å². The van der Waals surface area contributed by atoms with Crippen molar-refractivity contribution in [3.8, 4) is 16.9 Å². The lowest BCUT2D eigenvalue weighted by Gasteiger charge is -2.26. The average molecular weight is 422 g/mol. The number of ether oxygens (including phenoxy) is 1. The van der Waals surface area contributed by atoms with Gasteiger partial charge >= 0.3 is 0 Å². The highest BCUT2D eigenvalue weighted by Gasteiger charge is 2.28. The molecule has 0 saturated carbocycles. The maximum atomic E-state index is 6.37. The molecule has 0 aromatic heterocycles. The van der Waals surface area contributed by atoms with Gasteiger partial charge in [0.2, 0.25) is 0 Å². The van der Waals surface area contributed by atoms with Gasteiger partial charge in [-0.05, 0) is 90.2 Å². The number of hydrogen-bond acceptors (Lipinski definition) is 2. The van der Waals surface area contributed by atoms with E-state index in [4.69, 9.17) is 4.74 Å². The van der Waals surface area contributed by atoms with Gasteiger partial charge in [0.15, 0.2) is 0 Å². The van der Waals surface area contributed by atoms with E-state index < -0.39 is 0 Å². The highest BCUT2D eigenvalue weighted by Crippen LogP contribution is 2.47. The number of piperidine rings is 1. The molecule has 0 N–H and O–H groups in total. The minimum absolute atomic E-state index is 0.761. The SMILES string of the molecule is c1ccc2c(c1)CC1=C2CCc2c1cccc2-c1ccccc1OCCN1CCCCC1. The molecular formula is C30H31NO. The summed E-state index contributed by atoms with van der Waals surface area (Å²) in [5.74, 6) is 1.02. The average Bonchev–Trinajstić information content (AvgIpc) is 3.24. The standard InChI is InChI=1S/C30H31NO/c1-6-17-31(18-7-1)19-20-32-30-14-5-4-11-28(30)24-12-8-13-25-27(24)16-15-26-23-10-3-2-9-22(23)21-29(25)26/h2-5,8-14H,1,6-7,15-21H2. The second-order valence-corrected chi connectivity index (χ2v) is 9.37. The van der Waals surface area contributed by atoms with Crippen LogP contribution in [-0.4, -0.2) is 31.1 Å². The highest BCUT2D eigenvalue weighted by atomic mass is 16.5. The molecule has 0 atom stereocenters. The van der Waals surface area contributed by atoms with Crippen molar-refractivity contribution in [1.82, 2.24) is 4.90 Å². The highest BCUT2D eigenvalue weighted by molar-refractivity contribution is 6.00. The molecule has 2 nitrogen and oxygen atoms in total. The first-order chi connectivity index (χ1) is 15.9. The van der Waals surface area contributed by atoms with Gasteiger partial charge < -0.3 is 4.74 Å². The lowest BCUT2D eigenvalue weighted by Crippen LogP contribution is -2.33. The quantitative estimate of drug-likeness (QED) is 0.458. The summed E-state index contributed by atoms with van der Waals surface area (Å²) in [5.41, 5.74) is 11.6. The lowest BCUT2D eigenvalue weighted by molar-refractivity contribution is 0.183. The van der Waals surface area contributed by atoms with Crippen molar-refractivity contribution in [1.29, 1.82) is 0 Å². The van der Waals surface area contributed by atoms with Crippen LogP contribution in [0, 0.1) is 0 Å². The number of nitrogens with zero attached hydrogens (tertiary/aromatic N) is 1. The predicted octanol–water partition coefficient (Wildman–Crippen LogP) is 6.63. The maximum Gasteiger partial charge on any atom is 0.127 e. The second kappa shape index (κ2) is 8.60. The normalized spacial score (nSPS) is 17.6. The molecular weight excluding hydrogens is 390 g/mol. The Kier molecular flexibility index (Phi) is 5.32. The monoisotopic (exact) mass is 421 g/mol. The van der Waals surface area contributed by atoms with E-state index in [1.807, 2.05) is 0 Å². The number of para-hydroxylation sites is 1. The van der Waals surface area contributed by atoms with Crippen LogP contribution in [0.15, 0.2) is 66.7 Å². The van der Waals surface area contributed by atoms with E-state index >= 15 is 0 Å². The Bertz CT molecular complexity index is 1170. The summed E-state index contributed by atoms with van der Waals surface area (Å²) in [4.78, 5) is 2.54. The first-order valence-corrected chi connectivity index (χ1v) is 12.3. The topological polar surface area (TPSA) is 12.5 Å². The zero-order valence-electron chi connectivity index (χ0n) is 18.8. The first-order valence-electron chi connectivity index (χ1n) is 12.3. The number of hydrogen-bond donors (Lipinski definition) is 0. The van der Waals surface area contributed by atoms with E-state index in [2.05, 4.69) is 71.6 Å². The smallest absolute Gasteiger partial charge is 0.127 e. The number of allylic oxidation sites excluding steroid dienone is 2. The molecule has 1 fully saturated rings. The van der Waals surface area contributed by atoms with Crippen LogP contribution < -0.4 is 4.74 Å². The van der Waals surface area contributed by atoms with E-state index in [1.165, 1.54) is 71.3 Å². The summed E-state index contributed by atoms with van der Waals surface area (Å²) in [6, 6.07) is 24.4. The van der Waals surface area contributed by atoms with Gasteiger partial charge in [-0.15, -0.1) is 0 Å². The fraction of sp³-hybridized carbons (Fsp3) is 0.333. The molecule has 3 aromatic rings. The number of fused-ring (bicyclic) bond motifs is 4. The Morgan fingerprint density at radius 2 is 1.41 bits per heavy atom. The maximum absolute atomic E-state index is 6.37. The Morgan fingerprint density at radius 3 is 2.31 bits per heavy atom. The van der Waals surface area contributed by atoms with E-state index in [0.717, 1.165) is 38.2 Å². The number of benzene rings is 3. The fourth-order valence-corrected chi connectivity index (χ4v) is 5.90. The third-order valence-corrected chi connectivity index (χ3v) is 7.49. The summed E-state index contributed by atoms with van der Waals surface area (Å²) < 4.78 is 6.37. The molecule has 3 aromatic carbocycles. The van der Waals surface area contributed by atoms with Gasteiger partial charge in [0, 0.05) is 12.1 Å². The first kappa shape index (κ1) is 19.8. The van der Waals surface area contributed by atoms with Gasteiger partial charge in [0.05, 0.1) is 0 Å². The van der Waals surface area contributed by atoms with Crippen LogP contribution in [0.4, 0.5) is 0 Å². The van der Waals surface area contributed by atoms with Crippen LogP contribution in [0.25, 0.3) is 22.3 Å². The molecule has 1 saturated heterocycles. The van der Waals surface area contributed by atoms with Crippen LogP contribution in [0.2, 0.25) is 0 Å². The van der Waals surface area contributed by atoms with Gasteiger partial charge in [-0.1, -0.05) is 67.1 Å². The molecule has 0 bridgehead atoms. The molecule has 6 rings (SSSR count). The molecule has 162 valence electrons. The Hall–Kier alpha value is -2.84. The number of likely N-dealkylation sites (tertiary alicyclic amines) is 1. The van der Waals surface area contributed by atoms with E-state index in [-0.39, 0.29) is 0 Å². The van der Waals surface area contributed by atoms with Gasteiger partial charge in [0.25, 0.3) is 0 Å². The van der Waals surface area contributed by atoms with Crippen LogP contribution in [0.1, 0.15) is 47.9 Å². The Balaban J connectivity index is 1.29. The summed E-state index contributed by atoms with van der Waals surface area (Å²) >= 11 is 0. The minimum atomic E-state index is 0.761. The van der Waals surface area contributed by atoms with E-state index in [1.54, 1.807) is 5.57 Å². The molecule has 1 aliphatic heterocycles. The van der Waals surface area contributed by atoms with E-state index in [9.17, 15) is 0 Å². The molecule has 3 aliphatic rings.